The molecule has 29 heavy (non-hydrogen) atoms. The van der Waals surface area contributed by atoms with Gasteiger partial charge in [-0.05, 0) is 49.9 Å². The topological polar surface area (TPSA) is 92.3 Å². The Balaban J connectivity index is 1.60. The Morgan fingerprint density at radius 1 is 0.759 bits per heavy atom. The molecule has 2 atom stereocenters. The summed E-state index contributed by atoms with van der Waals surface area (Å²) in [7, 11) is -3.25. The molecule has 0 unspecified atom stereocenters. The summed E-state index contributed by atoms with van der Waals surface area (Å²) in [5.41, 5.74) is 3.53. The first kappa shape index (κ1) is 21.0. The molecule has 154 valence electrons. The van der Waals surface area contributed by atoms with Crippen molar-refractivity contribution in [2.24, 2.45) is 11.8 Å². The van der Waals surface area contributed by atoms with E-state index >= 15 is 0 Å². The van der Waals surface area contributed by atoms with Gasteiger partial charge in [0.25, 0.3) is 0 Å². The van der Waals surface area contributed by atoms with Crippen molar-refractivity contribution in [3.05, 3.63) is 59.7 Å². The van der Waals surface area contributed by atoms with E-state index in [-0.39, 0.29) is 48.0 Å². The van der Waals surface area contributed by atoms with E-state index in [1.165, 1.54) is 0 Å². The van der Waals surface area contributed by atoms with Crippen LogP contribution in [0.4, 0.5) is 11.4 Å². The standard InChI is InChI=1S/C22H26N2O4S/c1-15-3-7-19(8-4-15)23-21(25)11-17-13-29(27,28)14-18(17)12-22(26)24-20-9-5-16(2)6-10-20/h3-10,17-18H,11-14H2,1-2H3,(H,23,25)(H,24,26)/t17-,18-/m0/s1. The third-order valence-electron chi connectivity index (χ3n) is 5.17. The molecule has 7 heteroatoms. The van der Waals surface area contributed by atoms with Gasteiger partial charge < -0.3 is 10.6 Å². The quantitative estimate of drug-likeness (QED) is 0.758. The summed E-state index contributed by atoms with van der Waals surface area (Å²) in [4.78, 5) is 24.8. The Morgan fingerprint density at radius 3 is 1.45 bits per heavy atom. The number of nitrogens with one attached hydrogen (secondary N) is 2. The lowest BCUT2D eigenvalue weighted by Crippen LogP contribution is -2.25. The molecule has 1 heterocycles. The number of aryl methyl sites for hydroxylation is 2. The van der Waals surface area contributed by atoms with Crippen molar-refractivity contribution in [1.82, 2.24) is 0 Å². The molecule has 2 aromatic rings. The van der Waals surface area contributed by atoms with Crippen LogP contribution in [0, 0.1) is 25.7 Å². The van der Waals surface area contributed by atoms with Crippen molar-refractivity contribution >= 4 is 33.0 Å². The second-order valence-corrected chi connectivity index (χ2v) is 9.99. The maximum atomic E-state index is 12.4. The summed E-state index contributed by atoms with van der Waals surface area (Å²) in [6.07, 6.45) is 0.158. The third kappa shape index (κ3) is 6.15. The first-order valence-electron chi connectivity index (χ1n) is 9.64. The molecule has 1 saturated heterocycles. The van der Waals surface area contributed by atoms with Gasteiger partial charge in [0.05, 0.1) is 11.5 Å². The van der Waals surface area contributed by atoms with Gasteiger partial charge >= 0.3 is 0 Å². The maximum absolute atomic E-state index is 12.4. The average molecular weight is 415 g/mol. The number of hydrogen-bond acceptors (Lipinski definition) is 4. The van der Waals surface area contributed by atoms with E-state index in [0.29, 0.717) is 11.4 Å². The van der Waals surface area contributed by atoms with Crippen molar-refractivity contribution in [1.29, 1.82) is 0 Å². The Kier molecular flexibility index (Phi) is 6.37. The summed E-state index contributed by atoms with van der Waals surface area (Å²) in [5, 5.41) is 5.62. The van der Waals surface area contributed by atoms with Crippen LogP contribution in [0.2, 0.25) is 0 Å². The SMILES string of the molecule is Cc1ccc(NC(=O)C[C@H]2CS(=O)(=O)C[C@@H]2CC(=O)Nc2ccc(C)cc2)cc1. The van der Waals surface area contributed by atoms with Gasteiger partial charge in [0.15, 0.2) is 9.84 Å². The maximum Gasteiger partial charge on any atom is 0.224 e. The van der Waals surface area contributed by atoms with E-state index in [0.717, 1.165) is 11.1 Å². The molecule has 0 aromatic heterocycles. The zero-order valence-corrected chi connectivity index (χ0v) is 17.5. The monoisotopic (exact) mass is 414 g/mol. The lowest BCUT2D eigenvalue weighted by Gasteiger charge is -2.17. The normalized spacial score (nSPS) is 20.2. The summed E-state index contributed by atoms with van der Waals surface area (Å²) in [6, 6.07) is 14.8. The van der Waals surface area contributed by atoms with E-state index in [1.54, 1.807) is 0 Å². The molecule has 2 amide bonds. The van der Waals surface area contributed by atoms with Crippen LogP contribution in [0.5, 0.6) is 0 Å². The number of carbonyl (C=O) groups is 2. The molecule has 0 spiro atoms. The van der Waals surface area contributed by atoms with Gasteiger partial charge in [-0.25, -0.2) is 8.42 Å². The molecule has 2 aromatic carbocycles. The lowest BCUT2D eigenvalue weighted by molar-refractivity contribution is -0.119. The van der Waals surface area contributed by atoms with Crippen molar-refractivity contribution in [2.45, 2.75) is 26.7 Å². The van der Waals surface area contributed by atoms with Gasteiger partial charge in [-0.2, -0.15) is 0 Å². The number of rotatable bonds is 6. The fourth-order valence-electron chi connectivity index (χ4n) is 3.62. The van der Waals surface area contributed by atoms with Gasteiger partial charge in [0, 0.05) is 24.2 Å². The molecule has 1 aliphatic heterocycles. The minimum atomic E-state index is -3.25. The van der Waals surface area contributed by atoms with E-state index in [1.807, 2.05) is 62.4 Å². The second-order valence-electron chi connectivity index (χ2n) is 7.83. The fraction of sp³-hybridized carbons (Fsp3) is 0.364. The van der Waals surface area contributed by atoms with E-state index < -0.39 is 9.84 Å². The molecule has 0 bridgehead atoms. The predicted molar refractivity (Wildman–Crippen MR) is 114 cm³/mol. The van der Waals surface area contributed by atoms with Crippen LogP contribution in [0.15, 0.2) is 48.5 Å². The highest BCUT2D eigenvalue weighted by Crippen LogP contribution is 2.31. The van der Waals surface area contributed by atoms with Crippen LogP contribution in [0.25, 0.3) is 0 Å². The van der Waals surface area contributed by atoms with Crippen LogP contribution in [-0.2, 0) is 19.4 Å². The van der Waals surface area contributed by atoms with E-state index in [9.17, 15) is 18.0 Å². The fourth-order valence-corrected chi connectivity index (χ4v) is 5.84. The zero-order chi connectivity index (χ0) is 21.0. The molecule has 2 N–H and O–H groups in total. The summed E-state index contributed by atoms with van der Waals surface area (Å²) < 4.78 is 24.3. The number of hydrogen-bond donors (Lipinski definition) is 2. The molecule has 3 rings (SSSR count). The van der Waals surface area contributed by atoms with Crippen molar-refractivity contribution in [3.63, 3.8) is 0 Å². The zero-order valence-electron chi connectivity index (χ0n) is 16.6. The first-order chi connectivity index (χ1) is 13.7. The van der Waals surface area contributed by atoms with Crippen molar-refractivity contribution < 1.29 is 18.0 Å². The van der Waals surface area contributed by atoms with Gasteiger partial charge in [-0.15, -0.1) is 0 Å². The van der Waals surface area contributed by atoms with Crippen LogP contribution in [-0.4, -0.2) is 31.7 Å². The Labute approximate surface area is 171 Å². The van der Waals surface area contributed by atoms with Gasteiger partial charge in [-0.1, -0.05) is 35.4 Å². The highest BCUT2D eigenvalue weighted by atomic mass is 32.2. The molecule has 0 aliphatic carbocycles. The largest absolute Gasteiger partial charge is 0.326 e. The molecule has 1 aliphatic rings. The molecule has 0 radical (unpaired) electrons. The van der Waals surface area contributed by atoms with Gasteiger partial charge in [0.1, 0.15) is 0 Å². The highest BCUT2D eigenvalue weighted by Gasteiger charge is 2.39. The lowest BCUT2D eigenvalue weighted by atomic mass is 9.89. The molecule has 6 nitrogen and oxygen atoms in total. The van der Waals surface area contributed by atoms with Gasteiger partial charge in [0.2, 0.25) is 11.8 Å². The van der Waals surface area contributed by atoms with E-state index in [2.05, 4.69) is 10.6 Å². The van der Waals surface area contributed by atoms with Gasteiger partial charge in [-0.3, -0.25) is 9.59 Å². The van der Waals surface area contributed by atoms with Crippen LogP contribution < -0.4 is 10.6 Å². The van der Waals surface area contributed by atoms with E-state index in [4.69, 9.17) is 0 Å². The smallest absolute Gasteiger partial charge is 0.224 e. The Morgan fingerprint density at radius 2 is 1.10 bits per heavy atom. The van der Waals surface area contributed by atoms with Crippen LogP contribution >= 0.6 is 0 Å². The molecular formula is C22H26N2O4S. The number of sulfone groups is 1. The minimum absolute atomic E-state index is 0.0587. The summed E-state index contributed by atoms with van der Waals surface area (Å²) in [6.45, 7) is 3.92. The Bertz CT molecular complexity index is 907. The number of amides is 2. The third-order valence-corrected chi connectivity index (χ3v) is 7.04. The Hall–Kier alpha value is -2.67. The number of anilines is 2. The average Bonchev–Trinajstić information content (AvgIpc) is 2.91. The summed E-state index contributed by atoms with van der Waals surface area (Å²) in [5.74, 6) is -1.32. The first-order valence-corrected chi connectivity index (χ1v) is 11.5. The molecule has 1 fully saturated rings. The van der Waals surface area contributed by atoms with Crippen LogP contribution in [0.1, 0.15) is 24.0 Å². The molecular weight excluding hydrogens is 388 g/mol. The van der Waals surface area contributed by atoms with Crippen molar-refractivity contribution in [3.8, 4) is 0 Å². The second kappa shape index (κ2) is 8.78. The number of benzene rings is 2. The summed E-state index contributed by atoms with van der Waals surface area (Å²) >= 11 is 0. The molecule has 0 saturated carbocycles. The predicted octanol–water partition coefficient (Wildman–Crippen LogP) is 3.32. The van der Waals surface area contributed by atoms with Crippen molar-refractivity contribution in [2.75, 3.05) is 22.1 Å². The number of carbonyl (C=O) groups excluding carboxylic acids is 2. The van der Waals surface area contributed by atoms with Crippen LogP contribution in [0.3, 0.4) is 0 Å². The highest BCUT2D eigenvalue weighted by molar-refractivity contribution is 7.91. The minimum Gasteiger partial charge on any atom is -0.326 e.